The van der Waals surface area contributed by atoms with Gasteiger partial charge in [-0.25, -0.2) is 13.2 Å². The molecule has 1 atom stereocenters. The highest BCUT2D eigenvalue weighted by atomic mass is 35.5. The van der Waals surface area contributed by atoms with Gasteiger partial charge in [0.1, 0.15) is 0 Å². The van der Waals surface area contributed by atoms with Gasteiger partial charge in [-0.05, 0) is 98.1 Å². The quantitative estimate of drug-likeness (QED) is 0.209. The first-order chi connectivity index (χ1) is 22.5. The van der Waals surface area contributed by atoms with Crippen LogP contribution in [0.15, 0.2) is 48.7 Å². The average Bonchev–Trinajstić information content (AvgIpc) is 3.44. The molecule has 5 rings (SSSR count). The molecule has 262 valence electrons. The molecule has 0 aliphatic carbocycles. The third kappa shape index (κ3) is 10.6. The number of sulfonamides is 1. The highest BCUT2D eigenvalue weighted by Crippen LogP contribution is 2.35. The van der Waals surface area contributed by atoms with Gasteiger partial charge in [0.2, 0.25) is 15.9 Å². The number of anilines is 1. The van der Waals surface area contributed by atoms with Crippen LogP contribution in [-0.2, 0) is 19.6 Å². The lowest BCUT2D eigenvalue weighted by atomic mass is 9.87. The number of halogens is 5. The topological polar surface area (TPSA) is 143 Å². The van der Waals surface area contributed by atoms with Crippen LogP contribution in [0.2, 0.25) is 10.0 Å². The van der Waals surface area contributed by atoms with Crippen LogP contribution in [-0.4, -0.2) is 96.6 Å². The number of likely N-dealkylation sites (tertiary alicyclic amines) is 2. The summed E-state index contributed by atoms with van der Waals surface area (Å²) in [6.07, 6.45) is 4.51. The predicted octanol–water partition coefficient (Wildman–Crippen LogP) is 5.97. The Bertz CT molecular complexity index is 1730. The SMILES string of the molecule is CS(=O)(=O)Nc1ccc2[nH]cc(C3CCN(CC(O)C4CCN(C(=O)/C=C/c5ccc(Cl)c(Cl)c5)CC4)CC3)c2c1.O=C(O)C(F)(F)F. The summed E-state index contributed by atoms with van der Waals surface area (Å²) in [7, 11) is -3.34. The summed E-state index contributed by atoms with van der Waals surface area (Å²) in [4.78, 5) is 29.1. The number of nitrogens with zero attached hydrogens (tertiary/aromatic N) is 2. The molecule has 1 aromatic heterocycles. The first-order valence-electron chi connectivity index (χ1n) is 15.2. The first-order valence-corrected chi connectivity index (χ1v) is 17.9. The number of rotatable bonds is 8. The van der Waals surface area contributed by atoms with Gasteiger partial charge >= 0.3 is 12.1 Å². The molecular formula is C32H37Cl2F3N4O6S. The second-order valence-corrected chi connectivity index (χ2v) is 14.6. The van der Waals surface area contributed by atoms with Crippen molar-refractivity contribution in [2.75, 3.05) is 43.7 Å². The van der Waals surface area contributed by atoms with Crippen molar-refractivity contribution in [3.05, 3.63) is 69.8 Å². The number of hydrogen-bond donors (Lipinski definition) is 4. The largest absolute Gasteiger partial charge is 0.490 e. The number of aliphatic hydroxyl groups is 1. The van der Waals surface area contributed by atoms with E-state index in [9.17, 15) is 31.5 Å². The summed E-state index contributed by atoms with van der Waals surface area (Å²) in [5, 5.41) is 20.1. The minimum absolute atomic E-state index is 0.0393. The molecule has 10 nitrogen and oxygen atoms in total. The number of carboxylic acid groups (broad SMARTS) is 1. The molecule has 2 saturated heterocycles. The molecule has 0 spiro atoms. The molecule has 4 N–H and O–H groups in total. The number of amides is 1. The summed E-state index contributed by atoms with van der Waals surface area (Å²) in [5.74, 6) is -2.25. The predicted molar refractivity (Wildman–Crippen MR) is 180 cm³/mol. The number of hydrogen-bond acceptors (Lipinski definition) is 6. The van der Waals surface area contributed by atoms with E-state index in [1.807, 2.05) is 29.3 Å². The van der Waals surface area contributed by atoms with Crippen LogP contribution >= 0.6 is 23.2 Å². The Hall–Kier alpha value is -3.30. The fourth-order valence-electron chi connectivity index (χ4n) is 5.99. The molecule has 2 aliphatic rings. The van der Waals surface area contributed by atoms with Crippen molar-refractivity contribution >= 4 is 67.8 Å². The number of alkyl halides is 3. The molecule has 0 saturated carbocycles. The van der Waals surface area contributed by atoms with E-state index in [-0.39, 0.29) is 11.8 Å². The van der Waals surface area contributed by atoms with Gasteiger partial charge in [0.25, 0.3) is 0 Å². The zero-order valence-electron chi connectivity index (χ0n) is 26.0. The van der Waals surface area contributed by atoms with E-state index in [2.05, 4.69) is 14.6 Å². The van der Waals surface area contributed by atoms with Gasteiger partial charge in [0.15, 0.2) is 0 Å². The van der Waals surface area contributed by atoms with Crippen LogP contribution in [0.1, 0.15) is 42.7 Å². The van der Waals surface area contributed by atoms with Gasteiger partial charge in [0.05, 0.1) is 22.4 Å². The van der Waals surface area contributed by atoms with Gasteiger partial charge in [0, 0.05) is 48.5 Å². The van der Waals surface area contributed by atoms with E-state index >= 15 is 0 Å². The molecule has 0 radical (unpaired) electrons. The van der Waals surface area contributed by atoms with Crippen molar-refractivity contribution in [2.45, 2.75) is 43.9 Å². The van der Waals surface area contributed by atoms with Crippen LogP contribution < -0.4 is 4.72 Å². The van der Waals surface area contributed by atoms with E-state index in [1.54, 1.807) is 30.4 Å². The third-order valence-corrected chi connectivity index (χ3v) is 9.84. The first kappa shape index (κ1) is 37.5. The third-order valence-electron chi connectivity index (χ3n) is 8.49. The minimum atomic E-state index is -5.08. The molecule has 2 fully saturated rings. The molecule has 16 heteroatoms. The molecule has 2 aromatic carbocycles. The number of piperidine rings is 2. The molecule has 48 heavy (non-hydrogen) atoms. The number of β-amino-alcohol motifs (C(OH)–C–C–N with tert-alkyl or cyclic N) is 1. The number of benzene rings is 2. The lowest BCUT2D eigenvalue weighted by molar-refractivity contribution is -0.192. The monoisotopic (exact) mass is 732 g/mol. The Kier molecular flexibility index (Phi) is 12.5. The van der Waals surface area contributed by atoms with E-state index < -0.39 is 28.3 Å². The van der Waals surface area contributed by atoms with Crippen LogP contribution in [0.4, 0.5) is 18.9 Å². The number of fused-ring (bicyclic) bond motifs is 1. The summed E-state index contributed by atoms with van der Waals surface area (Å²) < 4.78 is 57.6. The number of nitrogens with one attached hydrogen (secondary N) is 2. The second-order valence-electron chi connectivity index (χ2n) is 12.0. The van der Waals surface area contributed by atoms with Crippen LogP contribution in [0.3, 0.4) is 0 Å². The molecule has 1 amide bonds. The van der Waals surface area contributed by atoms with Crippen molar-refractivity contribution in [3.63, 3.8) is 0 Å². The fourth-order valence-corrected chi connectivity index (χ4v) is 6.85. The maximum absolute atomic E-state index is 12.7. The smallest absolute Gasteiger partial charge is 0.475 e. The fraction of sp³-hybridized carbons (Fsp3) is 0.438. The Morgan fingerprint density at radius 1 is 1.04 bits per heavy atom. The molecule has 3 heterocycles. The van der Waals surface area contributed by atoms with E-state index in [4.69, 9.17) is 33.1 Å². The van der Waals surface area contributed by atoms with Gasteiger partial charge < -0.3 is 25.0 Å². The molecular weight excluding hydrogens is 696 g/mol. The maximum Gasteiger partial charge on any atom is 0.490 e. The van der Waals surface area contributed by atoms with Crippen LogP contribution in [0, 0.1) is 5.92 Å². The zero-order valence-corrected chi connectivity index (χ0v) is 28.3. The lowest BCUT2D eigenvalue weighted by Crippen LogP contribution is -2.45. The van der Waals surface area contributed by atoms with Gasteiger partial charge in [-0.2, -0.15) is 13.2 Å². The Labute approximate surface area is 286 Å². The van der Waals surface area contributed by atoms with Gasteiger partial charge in [-0.1, -0.05) is 29.3 Å². The van der Waals surface area contributed by atoms with Crippen molar-refractivity contribution in [2.24, 2.45) is 5.92 Å². The summed E-state index contributed by atoms with van der Waals surface area (Å²) in [6.45, 7) is 3.69. The number of carbonyl (C=O) groups is 2. The van der Waals surface area contributed by atoms with Crippen molar-refractivity contribution in [1.82, 2.24) is 14.8 Å². The number of aromatic amines is 1. The van der Waals surface area contributed by atoms with Gasteiger partial charge in [-0.15, -0.1) is 0 Å². The number of carboxylic acids is 1. The highest BCUT2D eigenvalue weighted by Gasteiger charge is 2.38. The van der Waals surface area contributed by atoms with E-state index in [0.29, 0.717) is 41.3 Å². The molecule has 0 bridgehead atoms. The maximum atomic E-state index is 12.7. The van der Waals surface area contributed by atoms with Crippen molar-refractivity contribution in [3.8, 4) is 0 Å². The normalized spacial score (nSPS) is 17.7. The molecule has 2 aliphatic heterocycles. The second kappa shape index (κ2) is 15.9. The molecule has 3 aromatic rings. The number of aliphatic hydroxyl groups excluding tert-OH is 1. The average molecular weight is 734 g/mol. The van der Waals surface area contributed by atoms with Crippen molar-refractivity contribution in [1.29, 1.82) is 0 Å². The Balaban J connectivity index is 0.000000671. The van der Waals surface area contributed by atoms with Crippen LogP contribution in [0.5, 0.6) is 0 Å². The Morgan fingerprint density at radius 3 is 2.27 bits per heavy atom. The standard InChI is InChI=1S/C30H36Cl2N4O4S.C2HF3O2/c1-41(39,40)34-23-4-6-28-24(17-23)25(18-33-28)21-8-12-35(13-9-21)19-29(37)22-10-14-36(15-11-22)30(38)7-3-20-2-5-26(31)27(32)16-20;3-2(4,5)1(6)7/h2-7,16-18,21-22,29,33-34,37H,8-15,19H2,1H3;(H,6,7)/b7-3+;. The lowest BCUT2D eigenvalue weighted by Gasteiger charge is -2.37. The molecule has 1 unspecified atom stereocenters. The number of H-pyrrole nitrogens is 1. The van der Waals surface area contributed by atoms with E-state index in [0.717, 1.165) is 61.5 Å². The zero-order chi connectivity index (χ0) is 35.2. The van der Waals surface area contributed by atoms with Crippen LogP contribution in [0.25, 0.3) is 17.0 Å². The summed E-state index contributed by atoms with van der Waals surface area (Å²) >= 11 is 12.0. The minimum Gasteiger partial charge on any atom is -0.475 e. The Morgan fingerprint density at radius 2 is 1.69 bits per heavy atom. The number of carbonyl (C=O) groups excluding carboxylic acids is 1. The summed E-state index contributed by atoms with van der Waals surface area (Å²) in [6, 6.07) is 10.8. The number of aliphatic carboxylic acids is 1. The van der Waals surface area contributed by atoms with Gasteiger partial charge in [-0.3, -0.25) is 9.52 Å². The van der Waals surface area contributed by atoms with Crippen molar-refractivity contribution < 1.29 is 41.4 Å². The summed E-state index contributed by atoms with van der Waals surface area (Å²) in [5.41, 5.74) is 3.59. The highest BCUT2D eigenvalue weighted by molar-refractivity contribution is 7.92. The van der Waals surface area contributed by atoms with E-state index in [1.165, 1.54) is 5.56 Å². The number of aromatic nitrogens is 1.